The molecule has 0 aliphatic heterocycles. The lowest BCUT2D eigenvalue weighted by Crippen LogP contribution is -2.51. The van der Waals surface area contributed by atoms with E-state index in [4.69, 9.17) is 5.11 Å². The Bertz CT molecular complexity index is 476. The summed E-state index contributed by atoms with van der Waals surface area (Å²) < 4.78 is 0.958. The first kappa shape index (κ1) is 15.7. The van der Waals surface area contributed by atoms with Gasteiger partial charge in [-0.3, -0.25) is 4.79 Å². The van der Waals surface area contributed by atoms with E-state index in [-0.39, 0.29) is 12.3 Å². The smallest absolute Gasteiger partial charge is 0.329 e. The van der Waals surface area contributed by atoms with Crippen LogP contribution in [0.25, 0.3) is 0 Å². The normalized spacial score (nSPS) is 13.6. The molecule has 1 aromatic carbocycles. The number of carboxylic acids is 1. The number of rotatable bonds is 6. The fourth-order valence-electron chi connectivity index (χ4n) is 1.61. The molecule has 1 aromatic rings. The molecule has 1 unspecified atom stereocenters. The zero-order valence-corrected chi connectivity index (χ0v) is 12.7. The summed E-state index contributed by atoms with van der Waals surface area (Å²) in [4.78, 5) is 22.9. The summed E-state index contributed by atoms with van der Waals surface area (Å²) >= 11 is 3.42. The van der Waals surface area contributed by atoms with Crippen LogP contribution < -0.4 is 5.32 Å². The molecule has 0 saturated carbocycles. The van der Waals surface area contributed by atoms with Crippen molar-refractivity contribution in [1.82, 2.24) is 5.32 Å². The average molecular weight is 328 g/mol. The first-order valence-corrected chi connectivity index (χ1v) is 6.96. The number of carbonyl (C=O) groups excluding carboxylic acids is 1. The van der Waals surface area contributed by atoms with Gasteiger partial charge >= 0.3 is 5.97 Å². The molecule has 4 nitrogen and oxygen atoms in total. The van der Waals surface area contributed by atoms with Gasteiger partial charge < -0.3 is 10.4 Å². The summed E-state index contributed by atoms with van der Waals surface area (Å²) in [7, 11) is 0. The zero-order valence-electron chi connectivity index (χ0n) is 11.1. The van der Waals surface area contributed by atoms with E-state index in [1.54, 1.807) is 6.92 Å². The highest BCUT2D eigenvalue weighted by Gasteiger charge is 2.32. The number of aliphatic carboxylic acids is 1. The maximum absolute atomic E-state index is 11.8. The molecule has 1 rings (SSSR count). The maximum atomic E-state index is 11.8. The van der Waals surface area contributed by atoms with E-state index in [2.05, 4.69) is 21.2 Å². The third-order valence-corrected chi connectivity index (χ3v) is 3.95. The van der Waals surface area contributed by atoms with Crippen LogP contribution in [0.15, 0.2) is 28.7 Å². The largest absolute Gasteiger partial charge is 0.480 e. The van der Waals surface area contributed by atoms with Crippen LogP contribution in [-0.4, -0.2) is 22.5 Å². The molecule has 19 heavy (non-hydrogen) atoms. The number of halogens is 1. The second-order valence-electron chi connectivity index (χ2n) is 4.63. The molecule has 0 saturated heterocycles. The number of carbonyl (C=O) groups is 2. The van der Waals surface area contributed by atoms with Gasteiger partial charge in [0.1, 0.15) is 5.54 Å². The number of benzene rings is 1. The molecule has 0 aromatic heterocycles. The van der Waals surface area contributed by atoms with Crippen LogP contribution in [0.3, 0.4) is 0 Å². The van der Waals surface area contributed by atoms with Crippen molar-refractivity contribution < 1.29 is 14.7 Å². The summed E-state index contributed by atoms with van der Waals surface area (Å²) in [5, 5.41) is 11.7. The molecule has 5 heteroatoms. The lowest BCUT2D eigenvalue weighted by molar-refractivity contribution is -0.147. The third kappa shape index (κ3) is 4.35. The Labute approximate surface area is 121 Å². The maximum Gasteiger partial charge on any atom is 0.329 e. The van der Waals surface area contributed by atoms with Gasteiger partial charge in [0.2, 0.25) is 5.91 Å². The minimum atomic E-state index is -1.19. The highest BCUT2D eigenvalue weighted by molar-refractivity contribution is 9.10. The summed E-state index contributed by atoms with van der Waals surface area (Å²) in [6.07, 6.45) is 1.20. The molecule has 2 N–H and O–H groups in total. The minimum Gasteiger partial charge on any atom is -0.480 e. The molecule has 0 bridgehead atoms. The summed E-state index contributed by atoms with van der Waals surface area (Å²) in [6, 6.07) is 7.67. The van der Waals surface area contributed by atoms with Crippen LogP contribution >= 0.6 is 15.9 Å². The van der Waals surface area contributed by atoms with Crippen molar-refractivity contribution in [2.75, 3.05) is 0 Å². The number of aryl methyl sites for hydroxylation is 1. The third-order valence-electron chi connectivity index (χ3n) is 3.17. The lowest BCUT2D eigenvalue weighted by Gasteiger charge is -2.24. The van der Waals surface area contributed by atoms with Crippen molar-refractivity contribution in [3.8, 4) is 0 Å². The van der Waals surface area contributed by atoms with Crippen molar-refractivity contribution in [3.63, 3.8) is 0 Å². The average Bonchev–Trinajstić information content (AvgIpc) is 2.37. The molecule has 0 spiro atoms. The fraction of sp³-hybridized carbons (Fsp3) is 0.429. The van der Waals surface area contributed by atoms with Gasteiger partial charge in [-0.25, -0.2) is 4.79 Å². The molecule has 0 fully saturated rings. The van der Waals surface area contributed by atoms with Gasteiger partial charge in [-0.2, -0.15) is 0 Å². The van der Waals surface area contributed by atoms with Crippen molar-refractivity contribution in [2.24, 2.45) is 0 Å². The lowest BCUT2D eigenvalue weighted by atomic mass is 9.98. The molecular formula is C14H18BrNO3. The number of nitrogens with one attached hydrogen (secondary N) is 1. The quantitative estimate of drug-likeness (QED) is 0.844. The summed E-state index contributed by atoms with van der Waals surface area (Å²) in [6.45, 7) is 3.26. The van der Waals surface area contributed by atoms with Gasteiger partial charge in [-0.05, 0) is 31.4 Å². The second kappa shape index (κ2) is 6.70. The van der Waals surface area contributed by atoms with Crippen molar-refractivity contribution in [1.29, 1.82) is 0 Å². The first-order chi connectivity index (χ1) is 8.89. The van der Waals surface area contributed by atoms with Gasteiger partial charge in [-0.15, -0.1) is 0 Å². The van der Waals surface area contributed by atoms with E-state index >= 15 is 0 Å². The predicted molar refractivity (Wildman–Crippen MR) is 76.9 cm³/mol. The fourth-order valence-corrected chi connectivity index (χ4v) is 2.10. The van der Waals surface area contributed by atoms with Gasteiger partial charge in [0.15, 0.2) is 0 Å². The van der Waals surface area contributed by atoms with Crippen molar-refractivity contribution in [3.05, 3.63) is 34.3 Å². The molecule has 1 atom stereocenters. The van der Waals surface area contributed by atoms with Crippen molar-refractivity contribution in [2.45, 2.75) is 38.6 Å². The van der Waals surface area contributed by atoms with Crippen LogP contribution in [0.5, 0.6) is 0 Å². The van der Waals surface area contributed by atoms with Crippen LogP contribution in [0.1, 0.15) is 32.3 Å². The van der Waals surface area contributed by atoms with Crippen LogP contribution in [0, 0.1) is 0 Å². The number of carboxylic acid groups (broad SMARTS) is 1. The van der Waals surface area contributed by atoms with E-state index in [0.717, 1.165) is 10.0 Å². The number of amides is 1. The Morgan fingerprint density at radius 3 is 2.53 bits per heavy atom. The zero-order chi connectivity index (χ0) is 14.5. The van der Waals surface area contributed by atoms with Crippen LogP contribution in [0.2, 0.25) is 0 Å². The standard InChI is InChI=1S/C14H18BrNO3/c1-3-14(2,13(18)19)16-12(17)9-8-10-6-4-5-7-11(10)15/h4-7H,3,8-9H2,1-2H3,(H,16,17)(H,18,19). The van der Waals surface area contributed by atoms with E-state index in [1.807, 2.05) is 24.3 Å². The van der Waals surface area contributed by atoms with Crippen LogP contribution in [0.4, 0.5) is 0 Å². The molecule has 0 radical (unpaired) electrons. The SMILES string of the molecule is CCC(C)(NC(=O)CCc1ccccc1Br)C(=O)O. The van der Waals surface area contributed by atoms with E-state index in [0.29, 0.717) is 12.8 Å². The highest BCUT2D eigenvalue weighted by Crippen LogP contribution is 2.17. The highest BCUT2D eigenvalue weighted by atomic mass is 79.9. The summed E-state index contributed by atoms with van der Waals surface area (Å²) in [5.41, 5.74) is -0.156. The Kier molecular flexibility index (Phi) is 5.54. The molecule has 104 valence electrons. The number of hydrogen-bond donors (Lipinski definition) is 2. The topological polar surface area (TPSA) is 66.4 Å². The minimum absolute atomic E-state index is 0.248. The predicted octanol–water partition coefficient (Wildman–Crippen LogP) is 2.75. The van der Waals surface area contributed by atoms with E-state index in [1.165, 1.54) is 6.92 Å². The van der Waals surface area contributed by atoms with Crippen LogP contribution in [-0.2, 0) is 16.0 Å². The number of hydrogen-bond acceptors (Lipinski definition) is 2. The van der Waals surface area contributed by atoms with Gasteiger partial charge in [0.05, 0.1) is 0 Å². The monoisotopic (exact) mass is 327 g/mol. The summed E-state index contributed by atoms with van der Waals surface area (Å²) in [5.74, 6) is -1.26. The van der Waals surface area contributed by atoms with Crippen molar-refractivity contribution >= 4 is 27.8 Å². The second-order valence-corrected chi connectivity index (χ2v) is 5.48. The Balaban J connectivity index is 2.57. The molecular weight excluding hydrogens is 310 g/mol. The van der Waals surface area contributed by atoms with E-state index < -0.39 is 11.5 Å². The first-order valence-electron chi connectivity index (χ1n) is 6.17. The Morgan fingerprint density at radius 1 is 1.37 bits per heavy atom. The molecule has 0 aliphatic carbocycles. The van der Waals surface area contributed by atoms with Gasteiger partial charge in [0.25, 0.3) is 0 Å². The molecule has 0 heterocycles. The van der Waals surface area contributed by atoms with E-state index in [9.17, 15) is 9.59 Å². The molecule has 0 aliphatic rings. The Hall–Kier alpha value is -1.36. The van der Waals surface area contributed by atoms with Gasteiger partial charge in [-0.1, -0.05) is 41.1 Å². The molecule has 1 amide bonds. The van der Waals surface area contributed by atoms with Gasteiger partial charge in [0, 0.05) is 10.9 Å². The Morgan fingerprint density at radius 2 is 2.00 bits per heavy atom.